The predicted molar refractivity (Wildman–Crippen MR) is 86.5 cm³/mol. The predicted octanol–water partition coefficient (Wildman–Crippen LogP) is 2.79. The molecule has 22 heavy (non-hydrogen) atoms. The van der Waals surface area contributed by atoms with Crippen LogP contribution in [0.3, 0.4) is 0 Å². The fourth-order valence-corrected chi connectivity index (χ4v) is 1.97. The molecule has 2 rings (SSSR count). The minimum Gasteiger partial charge on any atom is -0.467 e. The summed E-state index contributed by atoms with van der Waals surface area (Å²) in [5.74, 6) is 0.363. The third-order valence-electron chi connectivity index (χ3n) is 2.87. The summed E-state index contributed by atoms with van der Waals surface area (Å²) in [5, 5.41) is 7.80. The molecule has 0 aliphatic heterocycles. The van der Waals surface area contributed by atoms with E-state index in [1.54, 1.807) is 18.2 Å². The monoisotopic (exact) mass is 365 g/mol. The van der Waals surface area contributed by atoms with Crippen molar-refractivity contribution in [2.75, 3.05) is 11.9 Å². The van der Waals surface area contributed by atoms with Crippen LogP contribution in [0.4, 0.5) is 10.5 Å². The first kappa shape index (κ1) is 16.1. The van der Waals surface area contributed by atoms with Gasteiger partial charge in [-0.1, -0.05) is 15.9 Å². The fourth-order valence-electron chi connectivity index (χ4n) is 1.72. The van der Waals surface area contributed by atoms with E-state index >= 15 is 0 Å². The molecule has 1 heterocycles. The Hall–Kier alpha value is -2.28. The van der Waals surface area contributed by atoms with Crippen LogP contribution in [-0.4, -0.2) is 18.5 Å². The second kappa shape index (κ2) is 7.65. The molecule has 0 aliphatic rings. The number of carbonyl (C=O) groups excluding carboxylic acids is 2. The van der Waals surface area contributed by atoms with Crippen molar-refractivity contribution in [1.82, 2.24) is 10.6 Å². The third kappa shape index (κ3) is 4.92. The average Bonchev–Trinajstić information content (AvgIpc) is 3.00. The van der Waals surface area contributed by atoms with Gasteiger partial charge in [0.05, 0.1) is 19.4 Å². The molecular formula is C15H16BrN3O3. The Labute approximate surface area is 136 Å². The minimum atomic E-state index is -0.435. The van der Waals surface area contributed by atoms with Gasteiger partial charge in [-0.2, -0.15) is 0 Å². The summed E-state index contributed by atoms with van der Waals surface area (Å²) in [6.45, 7) is 2.11. The number of hydrogen-bond donors (Lipinski definition) is 3. The van der Waals surface area contributed by atoms with Crippen LogP contribution in [0.15, 0.2) is 45.5 Å². The highest BCUT2D eigenvalue weighted by Gasteiger charge is 2.07. The van der Waals surface area contributed by atoms with Gasteiger partial charge in [0, 0.05) is 10.2 Å². The van der Waals surface area contributed by atoms with E-state index in [0.29, 0.717) is 18.0 Å². The SMILES string of the molecule is Cc1cc(NC(=O)NCC(=O)NCc2ccco2)ccc1Br. The van der Waals surface area contributed by atoms with Gasteiger partial charge in [0.25, 0.3) is 0 Å². The Balaban J connectivity index is 1.72. The number of urea groups is 1. The van der Waals surface area contributed by atoms with Gasteiger partial charge < -0.3 is 20.4 Å². The van der Waals surface area contributed by atoms with Crippen LogP contribution in [0.5, 0.6) is 0 Å². The number of aryl methyl sites for hydroxylation is 1. The Morgan fingerprint density at radius 1 is 1.23 bits per heavy atom. The summed E-state index contributed by atoms with van der Waals surface area (Å²) in [6.07, 6.45) is 1.54. The molecule has 6 nitrogen and oxygen atoms in total. The largest absolute Gasteiger partial charge is 0.467 e. The van der Waals surface area contributed by atoms with Crippen LogP contribution in [-0.2, 0) is 11.3 Å². The normalized spacial score (nSPS) is 10.1. The summed E-state index contributed by atoms with van der Waals surface area (Å²) in [7, 11) is 0. The molecule has 0 saturated heterocycles. The first-order valence-corrected chi connectivity index (χ1v) is 7.44. The van der Waals surface area contributed by atoms with Crippen molar-refractivity contribution >= 4 is 33.6 Å². The lowest BCUT2D eigenvalue weighted by Crippen LogP contribution is -2.38. The van der Waals surface area contributed by atoms with Crippen LogP contribution in [0, 0.1) is 6.92 Å². The molecule has 3 amide bonds. The van der Waals surface area contributed by atoms with Crippen molar-refractivity contribution in [3.05, 3.63) is 52.4 Å². The standard InChI is InChI=1S/C15H16BrN3O3/c1-10-7-11(4-5-13(10)16)19-15(21)18-9-14(20)17-8-12-3-2-6-22-12/h2-7H,8-9H2,1H3,(H,17,20)(H2,18,19,21). The second-order valence-electron chi connectivity index (χ2n) is 4.63. The number of benzene rings is 1. The van der Waals surface area contributed by atoms with Gasteiger partial charge in [-0.3, -0.25) is 4.79 Å². The molecule has 0 atom stereocenters. The van der Waals surface area contributed by atoms with Crippen LogP contribution in [0.1, 0.15) is 11.3 Å². The number of furan rings is 1. The second-order valence-corrected chi connectivity index (χ2v) is 5.48. The molecule has 0 unspecified atom stereocenters. The molecule has 116 valence electrons. The topological polar surface area (TPSA) is 83.4 Å². The van der Waals surface area contributed by atoms with Crippen molar-refractivity contribution in [3.63, 3.8) is 0 Å². The Kier molecular flexibility index (Phi) is 5.60. The Bertz CT molecular complexity index is 656. The van der Waals surface area contributed by atoms with Crippen molar-refractivity contribution in [2.24, 2.45) is 0 Å². The summed E-state index contributed by atoms with van der Waals surface area (Å²) in [5.41, 5.74) is 1.67. The van der Waals surface area contributed by atoms with Gasteiger partial charge in [-0.05, 0) is 42.8 Å². The molecule has 7 heteroatoms. The van der Waals surface area contributed by atoms with Gasteiger partial charge in [0.1, 0.15) is 5.76 Å². The molecule has 0 fully saturated rings. The smallest absolute Gasteiger partial charge is 0.319 e. The molecule has 1 aromatic carbocycles. The molecule has 0 aliphatic carbocycles. The molecule has 1 aromatic heterocycles. The van der Waals surface area contributed by atoms with E-state index in [4.69, 9.17) is 4.42 Å². The maximum atomic E-state index is 11.7. The highest BCUT2D eigenvalue weighted by molar-refractivity contribution is 9.10. The number of carbonyl (C=O) groups is 2. The van der Waals surface area contributed by atoms with E-state index in [1.165, 1.54) is 6.26 Å². The average molecular weight is 366 g/mol. The van der Waals surface area contributed by atoms with E-state index in [2.05, 4.69) is 31.9 Å². The Morgan fingerprint density at radius 3 is 2.73 bits per heavy atom. The molecule has 2 aromatic rings. The van der Waals surface area contributed by atoms with E-state index in [9.17, 15) is 9.59 Å². The fraction of sp³-hybridized carbons (Fsp3) is 0.200. The summed E-state index contributed by atoms with van der Waals surface area (Å²) in [6, 6.07) is 8.52. The number of nitrogens with one attached hydrogen (secondary N) is 3. The van der Waals surface area contributed by atoms with Crippen molar-refractivity contribution in [2.45, 2.75) is 13.5 Å². The van der Waals surface area contributed by atoms with Crippen molar-refractivity contribution in [1.29, 1.82) is 0 Å². The third-order valence-corrected chi connectivity index (χ3v) is 3.75. The summed E-state index contributed by atoms with van der Waals surface area (Å²) >= 11 is 3.39. The van der Waals surface area contributed by atoms with E-state index < -0.39 is 6.03 Å². The van der Waals surface area contributed by atoms with Gasteiger partial charge in [0.15, 0.2) is 0 Å². The van der Waals surface area contributed by atoms with E-state index in [-0.39, 0.29) is 12.5 Å². The van der Waals surface area contributed by atoms with Crippen molar-refractivity contribution in [3.8, 4) is 0 Å². The lowest BCUT2D eigenvalue weighted by atomic mass is 10.2. The minimum absolute atomic E-state index is 0.109. The highest BCUT2D eigenvalue weighted by atomic mass is 79.9. The Morgan fingerprint density at radius 2 is 2.05 bits per heavy atom. The zero-order valence-corrected chi connectivity index (χ0v) is 13.6. The van der Waals surface area contributed by atoms with Gasteiger partial charge >= 0.3 is 6.03 Å². The molecule has 0 radical (unpaired) electrons. The molecular weight excluding hydrogens is 350 g/mol. The lowest BCUT2D eigenvalue weighted by Gasteiger charge is -2.09. The van der Waals surface area contributed by atoms with Gasteiger partial charge in [0.2, 0.25) is 5.91 Å². The number of hydrogen-bond acceptors (Lipinski definition) is 3. The maximum absolute atomic E-state index is 11.7. The van der Waals surface area contributed by atoms with Gasteiger partial charge in [-0.25, -0.2) is 4.79 Å². The zero-order chi connectivity index (χ0) is 15.9. The maximum Gasteiger partial charge on any atom is 0.319 e. The first-order chi connectivity index (χ1) is 10.5. The van der Waals surface area contributed by atoms with Gasteiger partial charge in [-0.15, -0.1) is 0 Å². The van der Waals surface area contributed by atoms with Crippen LogP contribution >= 0.6 is 15.9 Å². The summed E-state index contributed by atoms with van der Waals surface area (Å²) in [4.78, 5) is 23.3. The summed E-state index contributed by atoms with van der Waals surface area (Å²) < 4.78 is 6.06. The number of halogens is 1. The molecule has 0 spiro atoms. The van der Waals surface area contributed by atoms with E-state index in [0.717, 1.165) is 10.0 Å². The zero-order valence-electron chi connectivity index (χ0n) is 12.0. The molecule has 0 bridgehead atoms. The number of amides is 3. The molecule has 3 N–H and O–H groups in total. The van der Waals surface area contributed by atoms with Crippen molar-refractivity contribution < 1.29 is 14.0 Å². The van der Waals surface area contributed by atoms with E-state index in [1.807, 2.05) is 19.1 Å². The number of rotatable bonds is 5. The lowest BCUT2D eigenvalue weighted by molar-refractivity contribution is -0.120. The van der Waals surface area contributed by atoms with Crippen LogP contribution in [0.25, 0.3) is 0 Å². The number of anilines is 1. The first-order valence-electron chi connectivity index (χ1n) is 6.64. The highest BCUT2D eigenvalue weighted by Crippen LogP contribution is 2.19. The molecule has 0 saturated carbocycles. The quantitative estimate of drug-likeness (QED) is 0.761. The van der Waals surface area contributed by atoms with Crippen LogP contribution < -0.4 is 16.0 Å². The van der Waals surface area contributed by atoms with Crippen LogP contribution in [0.2, 0.25) is 0 Å².